The van der Waals surface area contributed by atoms with Gasteiger partial charge in [0.05, 0.1) is 0 Å². The van der Waals surface area contributed by atoms with Crippen molar-refractivity contribution >= 4 is 22.5 Å². The average molecular weight is 209 g/mol. The third-order valence-electron chi connectivity index (χ3n) is 3.16. The topological polar surface area (TPSA) is 3.24 Å². The molecule has 0 spiro atoms. The van der Waals surface area contributed by atoms with E-state index < -0.39 is 0 Å². The van der Waals surface area contributed by atoms with Gasteiger partial charge < -0.3 is 4.90 Å². The van der Waals surface area contributed by atoms with Gasteiger partial charge in [-0.2, -0.15) is 0 Å². The zero-order valence-electron chi connectivity index (χ0n) is 9.64. The molecule has 0 amide bonds. The molecule has 0 unspecified atom stereocenters. The number of rotatable bonds is 1. The highest BCUT2D eigenvalue weighted by atomic mass is 15.1. The Kier molecular flexibility index (Phi) is 2.00. The van der Waals surface area contributed by atoms with Crippen molar-refractivity contribution in [2.45, 2.75) is 19.9 Å². The lowest BCUT2D eigenvalue weighted by atomic mass is 9.99. The van der Waals surface area contributed by atoms with E-state index >= 15 is 0 Å². The van der Waals surface area contributed by atoms with Crippen molar-refractivity contribution in [2.24, 2.45) is 0 Å². The van der Waals surface area contributed by atoms with E-state index in [0.717, 1.165) is 0 Å². The molecule has 16 heavy (non-hydrogen) atoms. The lowest BCUT2D eigenvalue weighted by Crippen LogP contribution is -2.26. The van der Waals surface area contributed by atoms with Crippen LogP contribution in [0.15, 0.2) is 42.6 Å². The van der Waals surface area contributed by atoms with Crippen LogP contribution >= 0.6 is 0 Å². The second kappa shape index (κ2) is 3.38. The van der Waals surface area contributed by atoms with Gasteiger partial charge in [-0.25, -0.2) is 0 Å². The molecule has 1 heteroatoms. The Labute approximate surface area is 96.0 Å². The minimum Gasteiger partial charge on any atom is -0.345 e. The third kappa shape index (κ3) is 1.25. The predicted molar refractivity (Wildman–Crippen MR) is 70.6 cm³/mol. The molecule has 0 saturated carbocycles. The summed E-state index contributed by atoms with van der Waals surface area (Å²) in [6, 6.07) is 13.5. The first-order chi connectivity index (χ1) is 7.77. The van der Waals surface area contributed by atoms with Crippen molar-refractivity contribution in [3.63, 3.8) is 0 Å². The van der Waals surface area contributed by atoms with Gasteiger partial charge in [-0.1, -0.05) is 30.3 Å². The van der Waals surface area contributed by atoms with Gasteiger partial charge in [0.15, 0.2) is 0 Å². The van der Waals surface area contributed by atoms with E-state index in [9.17, 15) is 0 Å². The number of benzene rings is 2. The standard InChI is InChI=1S/C15H15N/c1-11(2)16-10-9-13-6-3-5-12-7-4-8-14(16)15(12)13/h3-11H,1-2H3. The Morgan fingerprint density at radius 1 is 1.00 bits per heavy atom. The van der Waals surface area contributed by atoms with Crippen LogP contribution in [0.1, 0.15) is 19.4 Å². The van der Waals surface area contributed by atoms with Crippen LogP contribution in [0.25, 0.3) is 16.8 Å². The molecular formula is C15H15N. The fourth-order valence-corrected chi connectivity index (χ4v) is 2.39. The first kappa shape index (κ1) is 9.46. The second-order valence-corrected chi connectivity index (χ2v) is 4.54. The van der Waals surface area contributed by atoms with Crippen molar-refractivity contribution in [1.82, 2.24) is 0 Å². The third-order valence-corrected chi connectivity index (χ3v) is 3.16. The van der Waals surface area contributed by atoms with E-state index in [1.54, 1.807) is 0 Å². The quantitative estimate of drug-likeness (QED) is 0.685. The van der Waals surface area contributed by atoms with Gasteiger partial charge in [-0.15, -0.1) is 0 Å². The Morgan fingerprint density at radius 2 is 1.75 bits per heavy atom. The van der Waals surface area contributed by atoms with Gasteiger partial charge >= 0.3 is 0 Å². The largest absolute Gasteiger partial charge is 0.345 e. The molecule has 80 valence electrons. The van der Waals surface area contributed by atoms with Crippen LogP contribution in [-0.4, -0.2) is 6.04 Å². The molecular weight excluding hydrogens is 194 g/mol. The molecule has 0 atom stereocenters. The molecule has 1 heterocycles. The van der Waals surface area contributed by atoms with Crippen molar-refractivity contribution in [3.8, 4) is 0 Å². The summed E-state index contributed by atoms with van der Waals surface area (Å²) in [4.78, 5) is 2.33. The Bertz CT molecular complexity index is 561. The minimum atomic E-state index is 0.496. The van der Waals surface area contributed by atoms with Gasteiger partial charge in [-0.05, 0) is 36.9 Å². The maximum Gasteiger partial charge on any atom is 0.0494 e. The molecule has 3 rings (SSSR count). The van der Waals surface area contributed by atoms with Gasteiger partial charge in [0.25, 0.3) is 0 Å². The molecule has 1 aliphatic heterocycles. The molecule has 2 aromatic rings. The molecule has 1 aliphatic rings. The summed E-state index contributed by atoms with van der Waals surface area (Å²) in [7, 11) is 0. The maximum atomic E-state index is 2.33. The van der Waals surface area contributed by atoms with Gasteiger partial charge in [-0.3, -0.25) is 0 Å². The number of nitrogens with zero attached hydrogens (tertiary/aromatic N) is 1. The lowest BCUT2D eigenvalue weighted by molar-refractivity contribution is 0.785. The van der Waals surface area contributed by atoms with Crippen LogP contribution in [0.4, 0.5) is 5.69 Å². The highest BCUT2D eigenvalue weighted by Gasteiger charge is 2.15. The lowest BCUT2D eigenvalue weighted by Gasteiger charge is -2.29. The monoisotopic (exact) mass is 209 g/mol. The van der Waals surface area contributed by atoms with E-state index in [2.05, 4.69) is 67.4 Å². The van der Waals surface area contributed by atoms with E-state index in [1.807, 2.05) is 0 Å². The van der Waals surface area contributed by atoms with E-state index in [-0.39, 0.29) is 0 Å². The van der Waals surface area contributed by atoms with Crippen molar-refractivity contribution in [2.75, 3.05) is 4.90 Å². The van der Waals surface area contributed by atoms with E-state index in [4.69, 9.17) is 0 Å². The van der Waals surface area contributed by atoms with Gasteiger partial charge in [0.2, 0.25) is 0 Å². The molecule has 0 aromatic heterocycles. The van der Waals surface area contributed by atoms with Gasteiger partial charge in [0, 0.05) is 23.3 Å². The van der Waals surface area contributed by atoms with Crippen molar-refractivity contribution in [1.29, 1.82) is 0 Å². The summed E-state index contributed by atoms with van der Waals surface area (Å²) < 4.78 is 0. The maximum absolute atomic E-state index is 2.33. The fraction of sp³-hybridized carbons (Fsp3) is 0.200. The molecule has 0 N–H and O–H groups in total. The fourth-order valence-electron chi connectivity index (χ4n) is 2.39. The smallest absolute Gasteiger partial charge is 0.0494 e. The van der Waals surface area contributed by atoms with E-state index in [0.29, 0.717) is 6.04 Å². The van der Waals surface area contributed by atoms with Gasteiger partial charge in [0.1, 0.15) is 0 Å². The number of hydrogen-bond acceptors (Lipinski definition) is 1. The number of hydrogen-bond donors (Lipinski definition) is 0. The zero-order valence-corrected chi connectivity index (χ0v) is 9.64. The summed E-state index contributed by atoms with van der Waals surface area (Å²) in [6.07, 6.45) is 4.39. The molecule has 2 aromatic carbocycles. The van der Waals surface area contributed by atoms with Crippen LogP contribution in [-0.2, 0) is 0 Å². The highest BCUT2D eigenvalue weighted by Crippen LogP contribution is 2.35. The Hall–Kier alpha value is -1.76. The molecule has 0 radical (unpaired) electrons. The summed E-state index contributed by atoms with van der Waals surface area (Å²) in [5.41, 5.74) is 2.65. The molecule has 0 bridgehead atoms. The number of anilines is 1. The molecule has 1 nitrogen and oxygen atoms in total. The summed E-state index contributed by atoms with van der Waals surface area (Å²) in [5.74, 6) is 0. The summed E-state index contributed by atoms with van der Waals surface area (Å²) in [5, 5.41) is 2.70. The SMILES string of the molecule is CC(C)N1C=Cc2cccc3cccc1c23. The van der Waals surface area contributed by atoms with Crippen LogP contribution < -0.4 is 4.90 Å². The average Bonchev–Trinajstić information content (AvgIpc) is 2.30. The van der Waals surface area contributed by atoms with Crippen LogP contribution in [0.3, 0.4) is 0 Å². The van der Waals surface area contributed by atoms with Crippen LogP contribution in [0, 0.1) is 0 Å². The Balaban J connectivity index is 2.36. The first-order valence-electron chi connectivity index (χ1n) is 5.75. The molecule has 0 aliphatic carbocycles. The summed E-state index contributed by atoms with van der Waals surface area (Å²) >= 11 is 0. The first-order valence-corrected chi connectivity index (χ1v) is 5.75. The minimum absolute atomic E-state index is 0.496. The van der Waals surface area contributed by atoms with Crippen molar-refractivity contribution in [3.05, 3.63) is 48.2 Å². The highest BCUT2D eigenvalue weighted by molar-refractivity contribution is 6.02. The molecule has 0 saturated heterocycles. The van der Waals surface area contributed by atoms with E-state index in [1.165, 1.54) is 22.0 Å². The van der Waals surface area contributed by atoms with Crippen molar-refractivity contribution < 1.29 is 0 Å². The van der Waals surface area contributed by atoms with Crippen LogP contribution in [0.5, 0.6) is 0 Å². The zero-order chi connectivity index (χ0) is 11.1. The molecule has 0 fully saturated rings. The second-order valence-electron chi connectivity index (χ2n) is 4.54. The normalized spacial score (nSPS) is 13.8. The summed E-state index contributed by atoms with van der Waals surface area (Å²) in [6.45, 7) is 4.44. The van der Waals surface area contributed by atoms with Crippen LogP contribution in [0.2, 0.25) is 0 Å². The predicted octanol–water partition coefficient (Wildman–Crippen LogP) is 4.04. The Morgan fingerprint density at radius 3 is 2.50 bits per heavy atom.